The van der Waals surface area contributed by atoms with Crippen LogP contribution >= 0.6 is 11.6 Å². The molecule has 88 valence electrons. The molecule has 3 nitrogen and oxygen atoms in total. The summed E-state index contributed by atoms with van der Waals surface area (Å²) in [6.07, 6.45) is 0. The Morgan fingerprint density at radius 3 is 2.31 bits per heavy atom. The van der Waals surface area contributed by atoms with Crippen molar-refractivity contribution in [1.29, 1.82) is 0 Å². The maximum Gasteiger partial charge on any atom is 0.197 e. The van der Waals surface area contributed by atoms with Gasteiger partial charge in [-0.2, -0.15) is 0 Å². The Balaban J connectivity index is 2.99. The van der Waals surface area contributed by atoms with Gasteiger partial charge in [0.15, 0.2) is 20.3 Å². The molecule has 1 atom stereocenters. The number of benzene rings is 1. The molecule has 0 aliphatic rings. The van der Waals surface area contributed by atoms with Crippen LogP contribution in [0.2, 0.25) is 0 Å². The molecule has 6 heteroatoms. The molecule has 0 aliphatic heterocycles. The van der Waals surface area contributed by atoms with Crippen molar-refractivity contribution < 1.29 is 17.6 Å². The second-order valence-corrected chi connectivity index (χ2v) is 6.21. The number of alkyl halides is 1. The van der Waals surface area contributed by atoms with Crippen molar-refractivity contribution in [2.75, 3.05) is 5.75 Å². The lowest BCUT2D eigenvalue weighted by atomic mass is 10.1. The predicted molar refractivity (Wildman–Crippen MR) is 59.8 cm³/mol. The molecule has 0 N–H and O–H groups in total. The minimum absolute atomic E-state index is 0.0819. The van der Waals surface area contributed by atoms with Crippen LogP contribution in [0.5, 0.6) is 0 Å². The Hall–Kier alpha value is -0.940. The third kappa shape index (κ3) is 2.80. The van der Waals surface area contributed by atoms with E-state index < -0.39 is 26.1 Å². The van der Waals surface area contributed by atoms with Crippen molar-refractivity contribution >= 4 is 27.2 Å². The normalized spacial score (nSPS) is 13.4. The third-order valence-electron chi connectivity index (χ3n) is 2.05. The lowest BCUT2D eigenvalue weighted by molar-refractivity contribution is 0.101. The lowest BCUT2D eigenvalue weighted by Crippen LogP contribution is -2.26. The van der Waals surface area contributed by atoms with Gasteiger partial charge in [-0.3, -0.25) is 4.79 Å². The standard InChI is InChI=1S/C10H10ClFO3S/c1-2-16(14,15)10(11)9(13)7-3-5-8(12)6-4-7/h3-6,10H,2H2,1H3. The highest BCUT2D eigenvalue weighted by Gasteiger charge is 2.29. The van der Waals surface area contributed by atoms with Crippen molar-refractivity contribution in [1.82, 2.24) is 0 Å². The summed E-state index contributed by atoms with van der Waals surface area (Å²) in [4.78, 5) is 11.6. The van der Waals surface area contributed by atoms with E-state index in [2.05, 4.69) is 0 Å². The van der Waals surface area contributed by atoms with Gasteiger partial charge in [0.1, 0.15) is 5.82 Å². The van der Waals surface area contributed by atoms with Gasteiger partial charge in [-0.25, -0.2) is 12.8 Å². The highest BCUT2D eigenvalue weighted by Crippen LogP contribution is 2.15. The van der Waals surface area contributed by atoms with Crippen LogP contribution in [0.1, 0.15) is 17.3 Å². The van der Waals surface area contributed by atoms with Crippen LogP contribution in [-0.2, 0) is 9.84 Å². The van der Waals surface area contributed by atoms with E-state index in [-0.39, 0.29) is 11.3 Å². The first-order chi connectivity index (χ1) is 7.38. The smallest absolute Gasteiger partial charge is 0.197 e. The van der Waals surface area contributed by atoms with Crippen molar-refractivity contribution in [2.45, 2.75) is 11.6 Å². The number of Topliss-reactive ketones (excluding diaryl/α,β-unsaturated/α-hetero) is 1. The number of carbonyl (C=O) groups excluding carboxylic acids is 1. The summed E-state index contributed by atoms with van der Waals surface area (Å²) in [5, 5.41) is 0. The van der Waals surface area contributed by atoms with E-state index in [1.807, 2.05) is 0 Å². The fraction of sp³-hybridized carbons (Fsp3) is 0.300. The maximum absolute atomic E-state index is 12.6. The molecule has 0 fully saturated rings. The topological polar surface area (TPSA) is 51.2 Å². The van der Waals surface area contributed by atoms with E-state index >= 15 is 0 Å². The van der Waals surface area contributed by atoms with Gasteiger partial charge < -0.3 is 0 Å². The summed E-state index contributed by atoms with van der Waals surface area (Å²) in [5.41, 5.74) is 0.0819. The monoisotopic (exact) mass is 264 g/mol. The van der Waals surface area contributed by atoms with E-state index in [1.165, 1.54) is 19.1 Å². The van der Waals surface area contributed by atoms with Crippen LogP contribution in [0.4, 0.5) is 4.39 Å². The zero-order chi connectivity index (χ0) is 12.3. The van der Waals surface area contributed by atoms with Gasteiger partial charge in [-0.05, 0) is 24.3 Å². The Bertz CT molecular complexity index is 481. The molecule has 16 heavy (non-hydrogen) atoms. The largest absolute Gasteiger partial charge is 0.291 e. The molecule has 1 aromatic carbocycles. The van der Waals surface area contributed by atoms with Gasteiger partial charge in [-0.1, -0.05) is 18.5 Å². The van der Waals surface area contributed by atoms with E-state index in [0.717, 1.165) is 12.1 Å². The van der Waals surface area contributed by atoms with Crippen LogP contribution in [-0.4, -0.2) is 24.7 Å². The van der Waals surface area contributed by atoms with Crippen LogP contribution in [0.15, 0.2) is 24.3 Å². The Morgan fingerprint density at radius 2 is 1.88 bits per heavy atom. The molecular formula is C10H10ClFO3S. The quantitative estimate of drug-likeness (QED) is 0.617. The first-order valence-corrected chi connectivity index (χ1v) is 6.69. The molecule has 1 rings (SSSR count). The van der Waals surface area contributed by atoms with Gasteiger partial charge in [0.25, 0.3) is 0 Å². The number of ketones is 1. The number of halogens is 2. The second kappa shape index (κ2) is 4.93. The van der Waals surface area contributed by atoms with Crippen molar-refractivity contribution in [3.05, 3.63) is 35.6 Å². The predicted octanol–water partition coefficient (Wildman–Crippen LogP) is 2.01. The van der Waals surface area contributed by atoms with Crippen LogP contribution in [0.25, 0.3) is 0 Å². The molecule has 0 spiro atoms. The maximum atomic E-state index is 12.6. The fourth-order valence-corrected chi connectivity index (χ4v) is 2.31. The van der Waals surface area contributed by atoms with E-state index in [9.17, 15) is 17.6 Å². The Labute approximate surface area is 98.1 Å². The minimum Gasteiger partial charge on any atom is -0.291 e. The van der Waals surface area contributed by atoms with Crippen molar-refractivity contribution in [3.63, 3.8) is 0 Å². The number of hydrogen-bond donors (Lipinski definition) is 0. The summed E-state index contributed by atoms with van der Waals surface area (Å²) < 4.78 is 33.7. The second-order valence-electron chi connectivity index (χ2n) is 3.14. The van der Waals surface area contributed by atoms with Crippen molar-refractivity contribution in [3.8, 4) is 0 Å². The third-order valence-corrected chi connectivity index (χ3v) is 4.71. The Morgan fingerprint density at radius 1 is 1.38 bits per heavy atom. The average molecular weight is 265 g/mol. The molecule has 0 saturated heterocycles. The van der Waals surface area contributed by atoms with Gasteiger partial charge in [0.05, 0.1) is 0 Å². The van der Waals surface area contributed by atoms with Crippen LogP contribution in [0.3, 0.4) is 0 Å². The van der Waals surface area contributed by atoms with Gasteiger partial charge in [0, 0.05) is 11.3 Å². The zero-order valence-corrected chi connectivity index (χ0v) is 10.1. The SMILES string of the molecule is CCS(=O)(=O)C(Cl)C(=O)c1ccc(F)cc1. The molecule has 0 aromatic heterocycles. The first kappa shape index (κ1) is 13.1. The highest BCUT2D eigenvalue weighted by molar-refractivity contribution is 7.94. The van der Waals surface area contributed by atoms with Gasteiger partial charge >= 0.3 is 0 Å². The number of hydrogen-bond acceptors (Lipinski definition) is 3. The number of rotatable bonds is 4. The molecule has 0 bridgehead atoms. The van der Waals surface area contributed by atoms with E-state index in [4.69, 9.17) is 11.6 Å². The van der Waals surface area contributed by atoms with Crippen LogP contribution in [0, 0.1) is 5.82 Å². The fourth-order valence-electron chi connectivity index (χ4n) is 1.05. The minimum atomic E-state index is -3.63. The summed E-state index contributed by atoms with van der Waals surface area (Å²) in [6.45, 7) is 1.41. The van der Waals surface area contributed by atoms with E-state index in [1.54, 1.807) is 0 Å². The molecule has 1 aromatic rings. The van der Waals surface area contributed by atoms with Crippen molar-refractivity contribution in [2.24, 2.45) is 0 Å². The summed E-state index contributed by atoms with van der Waals surface area (Å²) in [6, 6.07) is 4.57. The summed E-state index contributed by atoms with van der Waals surface area (Å²) in [7, 11) is -3.63. The first-order valence-electron chi connectivity index (χ1n) is 4.54. The summed E-state index contributed by atoms with van der Waals surface area (Å²) >= 11 is 5.57. The highest BCUT2D eigenvalue weighted by atomic mass is 35.5. The van der Waals surface area contributed by atoms with Gasteiger partial charge in [0.2, 0.25) is 0 Å². The summed E-state index contributed by atoms with van der Waals surface area (Å²) in [5.74, 6) is -1.45. The lowest BCUT2D eigenvalue weighted by Gasteiger charge is -2.08. The molecular weight excluding hydrogens is 255 g/mol. The Kier molecular flexibility index (Phi) is 4.04. The van der Waals surface area contributed by atoms with E-state index in [0.29, 0.717) is 0 Å². The van der Waals surface area contributed by atoms with Gasteiger partial charge in [-0.15, -0.1) is 0 Å². The molecule has 0 amide bonds. The average Bonchev–Trinajstić information content (AvgIpc) is 2.28. The number of carbonyl (C=O) groups is 1. The molecule has 1 unspecified atom stereocenters. The van der Waals surface area contributed by atoms with Crippen LogP contribution < -0.4 is 0 Å². The molecule has 0 heterocycles. The molecule has 0 saturated carbocycles. The zero-order valence-electron chi connectivity index (χ0n) is 8.48. The molecule has 0 radical (unpaired) electrons. The number of sulfone groups is 1. The molecule has 0 aliphatic carbocycles.